The number of aromatic nitrogens is 2. The van der Waals surface area contributed by atoms with Crippen LogP contribution in [0.5, 0.6) is 5.75 Å². The lowest BCUT2D eigenvalue weighted by molar-refractivity contribution is 0.463. The van der Waals surface area contributed by atoms with E-state index in [1.54, 1.807) is 19.2 Å². The molecule has 3 N–H and O–H groups in total. The van der Waals surface area contributed by atoms with E-state index in [4.69, 9.17) is 0 Å². The molecule has 0 unspecified atom stereocenters. The van der Waals surface area contributed by atoms with Crippen molar-refractivity contribution >= 4 is 5.96 Å². The third kappa shape index (κ3) is 5.36. The molecular weight excluding hydrogens is 350 g/mol. The van der Waals surface area contributed by atoms with Crippen molar-refractivity contribution in [3.8, 4) is 17.0 Å². The normalized spacial score (nSPS) is 11.4. The Balaban J connectivity index is 1.48. The minimum atomic E-state index is 0.303. The van der Waals surface area contributed by atoms with Crippen molar-refractivity contribution in [2.24, 2.45) is 4.99 Å². The molecule has 0 aliphatic carbocycles. The van der Waals surface area contributed by atoms with Crippen molar-refractivity contribution in [2.75, 3.05) is 20.6 Å². The van der Waals surface area contributed by atoms with Gasteiger partial charge in [-0.3, -0.25) is 4.99 Å². The molecule has 0 bridgehead atoms. The second kappa shape index (κ2) is 9.60. The summed E-state index contributed by atoms with van der Waals surface area (Å²) in [6, 6.07) is 17.5. The number of guanidine groups is 1. The minimum absolute atomic E-state index is 0.303. The van der Waals surface area contributed by atoms with E-state index in [1.165, 1.54) is 5.56 Å². The van der Waals surface area contributed by atoms with Crippen molar-refractivity contribution in [3.63, 3.8) is 0 Å². The Labute approximate surface area is 166 Å². The Morgan fingerprint density at radius 2 is 1.89 bits per heavy atom. The number of aromatic hydroxyl groups is 1. The van der Waals surface area contributed by atoms with E-state index < -0.39 is 0 Å². The monoisotopic (exact) mass is 377 g/mol. The molecule has 0 fully saturated rings. The number of phenols is 1. The zero-order valence-electron chi connectivity index (χ0n) is 16.4. The molecule has 6 nitrogen and oxygen atoms in total. The molecule has 28 heavy (non-hydrogen) atoms. The van der Waals surface area contributed by atoms with Crippen LogP contribution in [0.4, 0.5) is 0 Å². The maximum absolute atomic E-state index is 9.34. The molecule has 0 aliphatic heterocycles. The lowest BCUT2D eigenvalue weighted by atomic mass is 10.1. The smallest absolute Gasteiger partial charge is 0.193 e. The first-order chi connectivity index (χ1) is 13.7. The van der Waals surface area contributed by atoms with Crippen molar-refractivity contribution in [1.82, 2.24) is 20.2 Å². The third-order valence-corrected chi connectivity index (χ3v) is 4.54. The Bertz CT molecular complexity index is 887. The van der Waals surface area contributed by atoms with Gasteiger partial charge in [-0.15, -0.1) is 0 Å². The van der Waals surface area contributed by atoms with Crippen molar-refractivity contribution in [1.29, 1.82) is 0 Å². The van der Waals surface area contributed by atoms with Crippen LogP contribution in [0.15, 0.2) is 65.8 Å². The molecule has 1 aromatic heterocycles. The largest absolute Gasteiger partial charge is 0.508 e. The van der Waals surface area contributed by atoms with E-state index in [-0.39, 0.29) is 0 Å². The zero-order chi connectivity index (χ0) is 19.8. The van der Waals surface area contributed by atoms with E-state index >= 15 is 0 Å². The summed E-state index contributed by atoms with van der Waals surface area (Å²) in [6.45, 7) is 1.47. The molecule has 0 aliphatic rings. The number of phenolic OH excluding ortho intramolecular Hbond substituents is 1. The van der Waals surface area contributed by atoms with Gasteiger partial charge >= 0.3 is 0 Å². The highest BCUT2D eigenvalue weighted by molar-refractivity contribution is 5.79. The molecular formula is C22H27N5O. The van der Waals surface area contributed by atoms with E-state index in [0.29, 0.717) is 12.3 Å². The van der Waals surface area contributed by atoms with Crippen LogP contribution in [-0.4, -0.2) is 46.6 Å². The molecule has 0 radical (unpaired) electrons. The second-order valence-electron chi connectivity index (χ2n) is 6.71. The number of hydrogen-bond donors (Lipinski definition) is 3. The predicted molar refractivity (Wildman–Crippen MR) is 113 cm³/mol. The molecule has 1 heterocycles. The van der Waals surface area contributed by atoms with Crippen LogP contribution in [0.25, 0.3) is 11.3 Å². The fourth-order valence-electron chi connectivity index (χ4n) is 3.05. The van der Waals surface area contributed by atoms with Gasteiger partial charge in [0.05, 0.1) is 18.4 Å². The fourth-order valence-corrected chi connectivity index (χ4v) is 3.05. The second-order valence-corrected chi connectivity index (χ2v) is 6.71. The van der Waals surface area contributed by atoms with Gasteiger partial charge in [0, 0.05) is 20.6 Å². The van der Waals surface area contributed by atoms with Gasteiger partial charge in [-0.05, 0) is 36.1 Å². The Kier molecular flexibility index (Phi) is 6.68. The Hall–Kier alpha value is -3.28. The van der Waals surface area contributed by atoms with Crippen LogP contribution in [0.1, 0.15) is 17.8 Å². The van der Waals surface area contributed by atoms with E-state index in [1.807, 2.05) is 48.5 Å². The number of H-pyrrole nitrogens is 1. The van der Waals surface area contributed by atoms with Gasteiger partial charge in [0.2, 0.25) is 0 Å². The molecule has 3 rings (SSSR count). The minimum Gasteiger partial charge on any atom is -0.508 e. The molecule has 0 spiro atoms. The van der Waals surface area contributed by atoms with Gasteiger partial charge < -0.3 is 20.3 Å². The average Bonchev–Trinajstić information content (AvgIpc) is 3.18. The van der Waals surface area contributed by atoms with E-state index in [9.17, 15) is 5.11 Å². The summed E-state index contributed by atoms with van der Waals surface area (Å²) < 4.78 is 0. The molecule has 146 valence electrons. The number of aryl methyl sites for hydroxylation is 1. The molecule has 2 aromatic carbocycles. The number of hydrogen-bond acceptors (Lipinski definition) is 3. The zero-order valence-corrected chi connectivity index (χ0v) is 16.4. The van der Waals surface area contributed by atoms with Crippen molar-refractivity contribution in [3.05, 3.63) is 72.2 Å². The molecule has 3 aromatic rings. The molecule has 0 saturated carbocycles. The van der Waals surface area contributed by atoms with Crippen LogP contribution in [-0.2, 0) is 13.0 Å². The number of nitrogens with zero attached hydrogens (tertiary/aromatic N) is 3. The van der Waals surface area contributed by atoms with Gasteiger partial charge in [-0.1, -0.05) is 42.5 Å². The Morgan fingerprint density at radius 3 is 2.61 bits per heavy atom. The summed E-state index contributed by atoms with van der Waals surface area (Å²) in [5, 5.41) is 12.7. The summed E-state index contributed by atoms with van der Waals surface area (Å²) in [6.07, 6.45) is 3.80. The number of aliphatic imine (C=N–C) groups is 1. The highest BCUT2D eigenvalue weighted by Gasteiger charge is 2.09. The summed E-state index contributed by atoms with van der Waals surface area (Å²) in [4.78, 5) is 14.3. The molecule has 0 atom stereocenters. The average molecular weight is 377 g/mol. The van der Waals surface area contributed by atoms with Crippen LogP contribution in [0.3, 0.4) is 0 Å². The van der Waals surface area contributed by atoms with E-state index in [0.717, 1.165) is 42.4 Å². The van der Waals surface area contributed by atoms with Gasteiger partial charge in [0.25, 0.3) is 0 Å². The van der Waals surface area contributed by atoms with Gasteiger partial charge in [0.1, 0.15) is 11.6 Å². The number of aromatic amines is 1. The highest BCUT2D eigenvalue weighted by Crippen LogP contribution is 2.16. The third-order valence-electron chi connectivity index (χ3n) is 4.54. The SMILES string of the molecule is CN=C(NCCCc1ccc(O)cc1)N(C)Cc1ncc(-c2ccccc2)[nH]1. The number of rotatable bonds is 7. The Morgan fingerprint density at radius 1 is 1.14 bits per heavy atom. The first kappa shape index (κ1) is 19.5. The number of imidazole rings is 1. The quantitative estimate of drug-likeness (QED) is 0.335. The van der Waals surface area contributed by atoms with Crippen LogP contribution >= 0.6 is 0 Å². The predicted octanol–water partition coefficient (Wildman–Crippen LogP) is 3.42. The highest BCUT2D eigenvalue weighted by atomic mass is 16.3. The lowest BCUT2D eigenvalue weighted by Gasteiger charge is -2.21. The van der Waals surface area contributed by atoms with Crippen LogP contribution < -0.4 is 5.32 Å². The fraction of sp³-hybridized carbons (Fsp3) is 0.273. The van der Waals surface area contributed by atoms with Crippen LogP contribution in [0.2, 0.25) is 0 Å². The maximum Gasteiger partial charge on any atom is 0.193 e. The lowest BCUT2D eigenvalue weighted by Crippen LogP contribution is -2.39. The topological polar surface area (TPSA) is 76.5 Å². The van der Waals surface area contributed by atoms with Gasteiger partial charge in [-0.2, -0.15) is 0 Å². The van der Waals surface area contributed by atoms with Gasteiger partial charge in [-0.25, -0.2) is 4.98 Å². The molecule has 0 saturated heterocycles. The van der Waals surface area contributed by atoms with Crippen LogP contribution in [0, 0.1) is 0 Å². The first-order valence-corrected chi connectivity index (χ1v) is 9.44. The summed E-state index contributed by atoms with van der Waals surface area (Å²) in [5.74, 6) is 2.04. The van der Waals surface area contributed by atoms with Gasteiger partial charge in [0.15, 0.2) is 5.96 Å². The summed E-state index contributed by atoms with van der Waals surface area (Å²) >= 11 is 0. The first-order valence-electron chi connectivity index (χ1n) is 9.44. The number of benzene rings is 2. The van der Waals surface area contributed by atoms with E-state index in [2.05, 4.69) is 32.4 Å². The summed E-state index contributed by atoms with van der Waals surface area (Å²) in [7, 11) is 3.79. The standard InChI is InChI=1S/C22H27N5O/c1-23-22(24-14-6-7-17-10-12-19(28)13-11-17)27(2)16-21-25-15-20(26-21)18-8-4-3-5-9-18/h3-5,8-13,15,28H,6-7,14,16H2,1-2H3,(H,23,24)(H,25,26). The van der Waals surface area contributed by atoms with Crippen molar-refractivity contribution in [2.45, 2.75) is 19.4 Å². The van der Waals surface area contributed by atoms with Crippen molar-refractivity contribution < 1.29 is 5.11 Å². The number of nitrogens with one attached hydrogen (secondary N) is 2. The summed E-state index contributed by atoms with van der Waals surface area (Å²) in [5.41, 5.74) is 3.36. The maximum atomic E-state index is 9.34. The molecule has 0 amide bonds. The molecule has 6 heteroatoms.